The number of halogens is 1. The van der Waals surface area contributed by atoms with Crippen molar-refractivity contribution in [3.8, 4) is 0 Å². The van der Waals surface area contributed by atoms with Gasteiger partial charge in [0.25, 0.3) is 5.56 Å². The normalized spacial score (nSPS) is 18.6. The van der Waals surface area contributed by atoms with E-state index < -0.39 is 5.60 Å². The Labute approximate surface area is 147 Å². The van der Waals surface area contributed by atoms with Crippen molar-refractivity contribution in [2.45, 2.75) is 38.8 Å². The molecule has 2 aromatic rings. The highest BCUT2D eigenvalue weighted by Gasteiger charge is 2.31. The standard InChI is InChI=1S/C16H20IN3O3/c1-16(2,3)23-15(22)19-7-5-10(8-19)20-9-12(17)11-4-6-18-14(21)13(11)20/h4,6,9-10H,5,7-8H2,1-3H3,(H,18,21). The third-order valence-electron chi connectivity index (χ3n) is 3.91. The highest BCUT2D eigenvalue weighted by atomic mass is 127. The van der Waals surface area contributed by atoms with Crippen LogP contribution in [0.5, 0.6) is 0 Å². The molecule has 3 heterocycles. The number of hydrogen-bond donors (Lipinski definition) is 1. The smallest absolute Gasteiger partial charge is 0.410 e. The topological polar surface area (TPSA) is 67.3 Å². The van der Waals surface area contributed by atoms with E-state index in [2.05, 4.69) is 27.6 Å². The van der Waals surface area contributed by atoms with Gasteiger partial charge in [-0.25, -0.2) is 4.79 Å². The van der Waals surface area contributed by atoms with E-state index in [1.165, 1.54) is 0 Å². The molecule has 0 radical (unpaired) electrons. The van der Waals surface area contributed by atoms with E-state index in [9.17, 15) is 9.59 Å². The molecule has 23 heavy (non-hydrogen) atoms. The number of hydrogen-bond acceptors (Lipinski definition) is 3. The van der Waals surface area contributed by atoms with Crippen molar-refractivity contribution in [3.63, 3.8) is 0 Å². The molecule has 1 atom stereocenters. The first-order valence-corrected chi connectivity index (χ1v) is 8.70. The number of ether oxygens (including phenoxy) is 1. The number of carbonyl (C=O) groups excluding carboxylic acids is 1. The fraction of sp³-hybridized carbons (Fsp3) is 0.500. The molecular weight excluding hydrogens is 409 g/mol. The van der Waals surface area contributed by atoms with Crippen molar-refractivity contribution in [2.24, 2.45) is 0 Å². The number of H-pyrrole nitrogens is 1. The largest absolute Gasteiger partial charge is 0.444 e. The van der Waals surface area contributed by atoms with Gasteiger partial charge in [0, 0.05) is 34.4 Å². The van der Waals surface area contributed by atoms with Gasteiger partial charge >= 0.3 is 6.09 Å². The van der Waals surface area contributed by atoms with E-state index in [1.807, 2.05) is 37.6 Å². The molecule has 1 unspecified atom stereocenters. The van der Waals surface area contributed by atoms with Gasteiger partial charge in [-0.05, 0) is 55.8 Å². The average Bonchev–Trinajstić information content (AvgIpc) is 3.03. The van der Waals surface area contributed by atoms with Gasteiger partial charge in [-0.1, -0.05) is 0 Å². The quantitative estimate of drug-likeness (QED) is 0.709. The van der Waals surface area contributed by atoms with Gasteiger partial charge < -0.3 is 19.2 Å². The Balaban J connectivity index is 1.85. The lowest BCUT2D eigenvalue weighted by molar-refractivity contribution is 0.0289. The van der Waals surface area contributed by atoms with Gasteiger partial charge in [0.15, 0.2) is 0 Å². The van der Waals surface area contributed by atoms with Crippen LogP contribution in [0.1, 0.15) is 33.2 Å². The number of carbonyl (C=O) groups is 1. The Morgan fingerprint density at radius 1 is 1.43 bits per heavy atom. The van der Waals surface area contributed by atoms with Crippen LogP contribution in [0.25, 0.3) is 10.9 Å². The average molecular weight is 429 g/mol. The summed E-state index contributed by atoms with van der Waals surface area (Å²) >= 11 is 2.24. The summed E-state index contributed by atoms with van der Waals surface area (Å²) in [5.74, 6) is 0. The number of likely N-dealkylation sites (tertiary alicyclic amines) is 1. The Bertz CT molecular complexity index is 803. The second-order valence-corrected chi connectivity index (χ2v) is 7.98. The van der Waals surface area contributed by atoms with E-state index in [4.69, 9.17) is 4.74 Å². The highest BCUT2D eigenvalue weighted by molar-refractivity contribution is 14.1. The number of rotatable bonds is 1. The van der Waals surface area contributed by atoms with Crippen LogP contribution >= 0.6 is 22.6 Å². The Kier molecular flexibility index (Phi) is 4.16. The maximum absolute atomic E-state index is 12.2. The summed E-state index contributed by atoms with van der Waals surface area (Å²) < 4.78 is 8.47. The van der Waals surface area contributed by atoms with Crippen molar-refractivity contribution >= 4 is 39.6 Å². The minimum atomic E-state index is -0.498. The predicted octanol–water partition coefficient (Wildman–Crippen LogP) is 3.12. The maximum atomic E-state index is 12.2. The molecule has 0 aromatic carbocycles. The number of pyridine rings is 1. The third-order valence-corrected chi connectivity index (χ3v) is 4.77. The molecule has 124 valence electrons. The molecule has 0 saturated carbocycles. The van der Waals surface area contributed by atoms with E-state index >= 15 is 0 Å². The third kappa shape index (κ3) is 3.24. The van der Waals surface area contributed by atoms with Crippen LogP contribution in [-0.4, -0.2) is 39.2 Å². The number of nitrogens with one attached hydrogen (secondary N) is 1. The van der Waals surface area contributed by atoms with Crippen LogP contribution in [-0.2, 0) is 4.74 Å². The number of amides is 1. The fourth-order valence-corrected chi connectivity index (χ4v) is 3.66. The molecule has 1 N–H and O–H groups in total. The highest BCUT2D eigenvalue weighted by Crippen LogP contribution is 2.29. The second-order valence-electron chi connectivity index (χ2n) is 6.82. The van der Waals surface area contributed by atoms with Crippen molar-refractivity contribution < 1.29 is 9.53 Å². The zero-order valence-electron chi connectivity index (χ0n) is 13.4. The first kappa shape index (κ1) is 16.4. The van der Waals surface area contributed by atoms with Gasteiger partial charge in [0.05, 0.1) is 6.04 Å². The van der Waals surface area contributed by atoms with Crippen LogP contribution in [0, 0.1) is 3.57 Å². The molecule has 7 heteroatoms. The number of fused-ring (bicyclic) bond motifs is 1. The SMILES string of the molecule is CC(C)(C)OC(=O)N1CCC(n2cc(I)c3cc[nH]c(=O)c32)C1. The lowest BCUT2D eigenvalue weighted by Gasteiger charge is -2.24. The lowest BCUT2D eigenvalue weighted by Crippen LogP contribution is -2.35. The van der Waals surface area contributed by atoms with Crippen molar-refractivity contribution in [1.29, 1.82) is 0 Å². The molecule has 6 nitrogen and oxygen atoms in total. The predicted molar refractivity (Wildman–Crippen MR) is 96.7 cm³/mol. The first-order valence-electron chi connectivity index (χ1n) is 7.62. The van der Waals surface area contributed by atoms with Crippen molar-refractivity contribution in [2.75, 3.05) is 13.1 Å². The summed E-state index contributed by atoms with van der Waals surface area (Å²) in [5, 5.41) is 0.949. The van der Waals surface area contributed by atoms with Crippen LogP contribution in [0.4, 0.5) is 4.79 Å². The fourth-order valence-electron chi connectivity index (χ4n) is 2.92. The minimum Gasteiger partial charge on any atom is -0.444 e. The summed E-state index contributed by atoms with van der Waals surface area (Å²) in [4.78, 5) is 28.8. The van der Waals surface area contributed by atoms with E-state index in [0.29, 0.717) is 18.6 Å². The summed E-state index contributed by atoms with van der Waals surface area (Å²) in [6, 6.07) is 2.01. The van der Waals surface area contributed by atoms with Crippen LogP contribution in [0.3, 0.4) is 0 Å². The Morgan fingerprint density at radius 2 is 2.17 bits per heavy atom. The van der Waals surface area contributed by atoms with E-state index in [1.54, 1.807) is 11.1 Å². The summed E-state index contributed by atoms with van der Waals surface area (Å²) in [5.41, 5.74) is 0.0797. The summed E-state index contributed by atoms with van der Waals surface area (Å²) in [7, 11) is 0. The van der Waals surface area contributed by atoms with Crippen LogP contribution < -0.4 is 5.56 Å². The zero-order chi connectivity index (χ0) is 16.8. The molecule has 1 saturated heterocycles. The number of nitrogens with zero attached hydrogens (tertiary/aromatic N) is 2. The lowest BCUT2D eigenvalue weighted by atomic mass is 10.2. The molecule has 1 fully saturated rings. The molecule has 3 rings (SSSR count). The van der Waals surface area contributed by atoms with Gasteiger partial charge in [-0.3, -0.25) is 4.79 Å². The second kappa shape index (κ2) is 5.85. The van der Waals surface area contributed by atoms with Crippen LogP contribution in [0.15, 0.2) is 23.3 Å². The van der Waals surface area contributed by atoms with Gasteiger partial charge in [0.1, 0.15) is 11.1 Å². The monoisotopic (exact) mass is 429 g/mol. The zero-order valence-corrected chi connectivity index (χ0v) is 15.6. The molecule has 0 bridgehead atoms. The molecule has 0 aliphatic carbocycles. The van der Waals surface area contributed by atoms with Crippen molar-refractivity contribution in [3.05, 3.63) is 32.4 Å². The molecular formula is C16H20IN3O3. The summed E-state index contributed by atoms with van der Waals surface area (Å²) in [6.07, 6.45) is 4.18. The van der Waals surface area contributed by atoms with E-state index in [-0.39, 0.29) is 17.7 Å². The molecule has 1 aliphatic heterocycles. The molecule has 0 spiro atoms. The maximum Gasteiger partial charge on any atom is 0.410 e. The molecule has 2 aromatic heterocycles. The van der Waals surface area contributed by atoms with Gasteiger partial charge in [-0.15, -0.1) is 0 Å². The van der Waals surface area contributed by atoms with E-state index in [0.717, 1.165) is 15.4 Å². The summed E-state index contributed by atoms with van der Waals surface area (Å²) in [6.45, 7) is 6.78. The number of aromatic amines is 1. The first-order chi connectivity index (χ1) is 10.8. The van der Waals surface area contributed by atoms with Gasteiger partial charge in [-0.2, -0.15) is 0 Å². The molecule has 1 aliphatic rings. The van der Waals surface area contributed by atoms with Crippen molar-refractivity contribution in [1.82, 2.24) is 14.5 Å². The van der Waals surface area contributed by atoms with Gasteiger partial charge in [0.2, 0.25) is 0 Å². The Morgan fingerprint density at radius 3 is 2.87 bits per heavy atom. The number of aromatic nitrogens is 2. The minimum absolute atomic E-state index is 0.0945. The Hall–Kier alpha value is -1.51. The van der Waals surface area contributed by atoms with Crippen LogP contribution in [0.2, 0.25) is 0 Å². The molecule has 1 amide bonds.